The monoisotopic (exact) mass is 246 g/mol. The van der Waals surface area contributed by atoms with E-state index in [4.69, 9.17) is 5.73 Å². The number of aryl methyl sites for hydroxylation is 1. The lowest BCUT2D eigenvalue weighted by Crippen LogP contribution is -2.39. The van der Waals surface area contributed by atoms with Crippen LogP contribution in [0.2, 0.25) is 0 Å². The van der Waals surface area contributed by atoms with Crippen molar-refractivity contribution in [3.63, 3.8) is 0 Å². The van der Waals surface area contributed by atoms with E-state index in [9.17, 15) is 4.79 Å². The Hall–Kier alpha value is -1.07. The maximum absolute atomic E-state index is 11.4. The summed E-state index contributed by atoms with van der Waals surface area (Å²) in [6.07, 6.45) is 5.23. The minimum atomic E-state index is -0.397. The fourth-order valence-electron chi connectivity index (χ4n) is 1.33. The summed E-state index contributed by atoms with van der Waals surface area (Å²) in [5.74, 6) is -0.0966. The van der Waals surface area contributed by atoms with Crippen LogP contribution >= 0.6 is 12.4 Å². The molecular formula is C10H19ClN4O. The lowest BCUT2D eigenvalue weighted by molar-refractivity contribution is -0.122. The summed E-state index contributed by atoms with van der Waals surface area (Å²) in [6, 6.07) is -0.397. The third-order valence-corrected chi connectivity index (χ3v) is 2.16. The van der Waals surface area contributed by atoms with E-state index < -0.39 is 6.04 Å². The predicted molar refractivity (Wildman–Crippen MR) is 65.2 cm³/mol. The molecule has 6 heteroatoms. The van der Waals surface area contributed by atoms with E-state index in [1.807, 2.05) is 20.2 Å². The molecule has 92 valence electrons. The highest BCUT2D eigenvalue weighted by atomic mass is 35.5. The molecule has 1 heterocycles. The van der Waals surface area contributed by atoms with Crippen LogP contribution in [0.25, 0.3) is 0 Å². The van der Waals surface area contributed by atoms with E-state index >= 15 is 0 Å². The molecule has 1 aromatic rings. The van der Waals surface area contributed by atoms with Crippen LogP contribution in [0, 0.1) is 0 Å². The molecule has 0 saturated carbocycles. The number of rotatable bonds is 5. The normalized spacial score (nSPS) is 11.7. The van der Waals surface area contributed by atoms with Crippen LogP contribution in [0.1, 0.15) is 25.3 Å². The summed E-state index contributed by atoms with van der Waals surface area (Å²) < 4.78 is 1.70. The summed E-state index contributed by atoms with van der Waals surface area (Å²) in [6.45, 7) is 2.50. The van der Waals surface area contributed by atoms with Gasteiger partial charge in [0.25, 0.3) is 0 Å². The Labute approximate surface area is 102 Å². The second-order valence-corrected chi connectivity index (χ2v) is 3.64. The fourth-order valence-corrected chi connectivity index (χ4v) is 1.33. The highest BCUT2D eigenvalue weighted by molar-refractivity contribution is 5.85. The van der Waals surface area contributed by atoms with Gasteiger partial charge in [0.2, 0.25) is 5.91 Å². The van der Waals surface area contributed by atoms with Crippen LogP contribution in [0.3, 0.4) is 0 Å². The molecule has 1 atom stereocenters. The third kappa shape index (κ3) is 4.63. The van der Waals surface area contributed by atoms with E-state index in [2.05, 4.69) is 10.4 Å². The van der Waals surface area contributed by atoms with Gasteiger partial charge in [0.05, 0.1) is 12.2 Å². The summed E-state index contributed by atoms with van der Waals surface area (Å²) >= 11 is 0. The van der Waals surface area contributed by atoms with Gasteiger partial charge in [-0.3, -0.25) is 9.48 Å². The number of carbonyl (C=O) groups excluding carboxylic acids is 1. The Morgan fingerprint density at radius 2 is 2.38 bits per heavy atom. The molecule has 5 nitrogen and oxygen atoms in total. The number of hydrogen-bond donors (Lipinski definition) is 2. The van der Waals surface area contributed by atoms with Gasteiger partial charge in [-0.25, -0.2) is 0 Å². The highest BCUT2D eigenvalue weighted by Gasteiger charge is 2.11. The van der Waals surface area contributed by atoms with Gasteiger partial charge in [-0.1, -0.05) is 13.3 Å². The molecule has 1 rings (SSSR count). The van der Waals surface area contributed by atoms with Crippen LogP contribution in [-0.2, 0) is 18.4 Å². The first-order valence-corrected chi connectivity index (χ1v) is 5.14. The van der Waals surface area contributed by atoms with E-state index in [0.717, 1.165) is 18.4 Å². The number of nitrogens with one attached hydrogen (secondary N) is 1. The second kappa shape index (κ2) is 7.24. The zero-order valence-corrected chi connectivity index (χ0v) is 10.5. The van der Waals surface area contributed by atoms with Gasteiger partial charge in [0.15, 0.2) is 0 Å². The molecule has 3 N–H and O–H groups in total. The van der Waals surface area contributed by atoms with Gasteiger partial charge >= 0.3 is 0 Å². The van der Waals surface area contributed by atoms with Crippen molar-refractivity contribution >= 4 is 18.3 Å². The minimum Gasteiger partial charge on any atom is -0.351 e. The topological polar surface area (TPSA) is 72.9 Å². The maximum atomic E-state index is 11.4. The second-order valence-electron chi connectivity index (χ2n) is 3.64. The van der Waals surface area contributed by atoms with Crippen molar-refractivity contribution in [2.24, 2.45) is 12.8 Å². The van der Waals surface area contributed by atoms with Crippen molar-refractivity contribution in [3.05, 3.63) is 18.0 Å². The van der Waals surface area contributed by atoms with Crippen molar-refractivity contribution < 1.29 is 4.79 Å². The van der Waals surface area contributed by atoms with E-state index in [1.54, 1.807) is 10.9 Å². The molecule has 0 aliphatic carbocycles. The molecular weight excluding hydrogens is 228 g/mol. The van der Waals surface area contributed by atoms with Crippen molar-refractivity contribution in [1.29, 1.82) is 0 Å². The Kier molecular flexibility index (Phi) is 6.76. The van der Waals surface area contributed by atoms with E-state index in [-0.39, 0.29) is 18.3 Å². The molecule has 0 saturated heterocycles. The Bertz CT molecular complexity index is 326. The van der Waals surface area contributed by atoms with Crippen LogP contribution < -0.4 is 11.1 Å². The summed E-state index contributed by atoms with van der Waals surface area (Å²) in [5.41, 5.74) is 6.65. The van der Waals surface area contributed by atoms with E-state index in [0.29, 0.717) is 6.54 Å². The number of halogens is 1. The number of nitrogens with two attached hydrogens (primary N) is 1. The zero-order valence-electron chi connectivity index (χ0n) is 9.64. The van der Waals surface area contributed by atoms with Gasteiger partial charge in [-0.15, -0.1) is 12.4 Å². The minimum absolute atomic E-state index is 0. The van der Waals surface area contributed by atoms with Gasteiger partial charge < -0.3 is 11.1 Å². The first-order valence-electron chi connectivity index (χ1n) is 5.14. The molecule has 0 fully saturated rings. The smallest absolute Gasteiger partial charge is 0.237 e. The molecule has 1 unspecified atom stereocenters. The number of hydrogen-bond acceptors (Lipinski definition) is 3. The first-order chi connectivity index (χ1) is 7.13. The largest absolute Gasteiger partial charge is 0.351 e. The molecule has 0 spiro atoms. The van der Waals surface area contributed by atoms with Gasteiger partial charge in [-0.05, 0) is 6.42 Å². The lowest BCUT2D eigenvalue weighted by atomic mass is 10.1. The average molecular weight is 247 g/mol. The quantitative estimate of drug-likeness (QED) is 0.799. The Morgan fingerprint density at radius 3 is 2.88 bits per heavy atom. The number of nitrogens with zero attached hydrogens (tertiary/aromatic N) is 2. The van der Waals surface area contributed by atoms with Crippen molar-refractivity contribution in [2.45, 2.75) is 32.4 Å². The SMILES string of the molecule is CCCC(N)C(=O)NCc1cnn(C)c1.Cl. The molecule has 16 heavy (non-hydrogen) atoms. The summed E-state index contributed by atoms with van der Waals surface area (Å²) in [4.78, 5) is 11.4. The van der Waals surface area contributed by atoms with Gasteiger partial charge in [0, 0.05) is 25.4 Å². The van der Waals surface area contributed by atoms with Gasteiger partial charge in [-0.2, -0.15) is 5.10 Å². The summed E-state index contributed by atoms with van der Waals surface area (Å²) in [5, 5.41) is 6.79. The number of carbonyl (C=O) groups is 1. The molecule has 1 aromatic heterocycles. The van der Waals surface area contributed by atoms with Crippen LogP contribution in [-0.4, -0.2) is 21.7 Å². The van der Waals surface area contributed by atoms with Crippen LogP contribution in [0.15, 0.2) is 12.4 Å². The molecule has 0 radical (unpaired) electrons. The van der Waals surface area contributed by atoms with Crippen molar-refractivity contribution in [3.8, 4) is 0 Å². The molecule has 0 aliphatic heterocycles. The van der Waals surface area contributed by atoms with E-state index in [1.165, 1.54) is 0 Å². The average Bonchev–Trinajstić information content (AvgIpc) is 2.61. The Morgan fingerprint density at radius 1 is 1.69 bits per heavy atom. The fraction of sp³-hybridized carbons (Fsp3) is 0.600. The standard InChI is InChI=1S/C10H18N4O.ClH/c1-3-4-9(11)10(15)12-5-8-6-13-14(2)7-8;/h6-7,9H,3-5,11H2,1-2H3,(H,12,15);1H. The molecule has 0 bridgehead atoms. The van der Waals surface area contributed by atoms with Crippen LogP contribution in [0.4, 0.5) is 0 Å². The molecule has 0 aromatic carbocycles. The highest BCUT2D eigenvalue weighted by Crippen LogP contribution is 1.97. The van der Waals surface area contributed by atoms with Gasteiger partial charge in [0.1, 0.15) is 0 Å². The summed E-state index contributed by atoms with van der Waals surface area (Å²) in [7, 11) is 1.84. The van der Waals surface area contributed by atoms with Crippen LogP contribution in [0.5, 0.6) is 0 Å². The lowest BCUT2D eigenvalue weighted by Gasteiger charge is -2.09. The predicted octanol–water partition coefficient (Wildman–Crippen LogP) is 0.585. The Balaban J connectivity index is 0.00000225. The number of aromatic nitrogens is 2. The third-order valence-electron chi connectivity index (χ3n) is 2.16. The van der Waals surface area contributed by atoms with Crippen molar-refractivity contribution in [2.75, 3.05) is 0 Å². The molecule has 0 aliphatic rings. The maximum Gasteiger partial charge on any atom is 0.237 e. The van der Waals surface area contributed by atoms with Crippen molar-refractivity contribution in [1.82, 2.24) is 15.1 Å². The molecule has 1 amide bonds. The zero-order chi connectivity index (χ0) is 11.3. The number of amides is 1. The first kappa shape index (κ1) is 14.9.